The highest BCUT2D eigenvalue weighted by Crippen LogP contribution is 2.32. The van der Waals surface area contributed by atoms with Crippen LogP contribution in [0.5, 0.6) is 17.2 Å². The molecule has 0 unspecified atom stereocenters. The van der Waals surface area contributed by atoms with Crippen LogP contribution in [0.2, 0.25) is 5.02 Å². The highest BCUT2D eigenvalue weighted by Gasteiger charge is 2.08. The van der Waals surface area contributed by atoms with E-state index in [2.05, 4.69) is 22.2 Å². The molecule has 0 bridgehead atoms. The Labute approximate surface area is 174 Å². The third-order valence-electron chi connectivity index (χ3n) is 4.39. The van der Waals surface area contributed by atoms with Gasteiger partial charge in [-0.15, -0.1) is 0 Å². The van der Waals surface area contributed by atoms with Gasteiger partial charge in [-0.2, -0.15) is 0 Å². The van der Waals surface area contributed by atoms with Gasteiger partial charge in [0.2, 0.25) is 0 Å². The average Bonchev–Trinajstić information content (AvgIpc) is 2.70. The number of hydrogen-bond donors (Lipinski definition) is 2. The van der Waals surface area contributed by atoms with Crippen molar-refractivity contribution in [1.29, 1.82) is 0 Å². The zero-order valence-corrected chi connectivity index (χ0v) is 16.6. The van der Waals surface area contributed by atoms with Crippen molar-refractivity contribution in [3.63, 3.8) is 0 Å². The molecule has 0 saturated carbocycles. The maximum Gasteiger partial charge on any atom is 0.161 e. The quantitative estimate of drug-likeness (QED) is 0.384. The summed E-state index contributed by atoms with van der Waals surface area (Å²) in [6.45, 7) is 2.13. The topological polar surface area (TPSA) is 67.3 Å². The molecule has 2 heterocycles. The molecule has 6 heteroatoms. The summed E-state index contributed by atoms with van der Waals surface area (Å²) in [5, 5.41) is 14.3. The third-order valence-corrected chi connectivity index (χ3v) is 4.61. The second kappa shape index (κ2) is 8.37. The third kappa shape index (κ3) is 4.58. The van der Waals surface area contributed by atoms with Crippen molar-refractivity contribution in [2.75, 3.05) is 5.32 Å². The van der Waals surface area contributed by atoms with Crippen LogP contribution in [0.15, 0.2) is 66.9 Å². The van der Waals surface area contributed by atoms with Gasteiger partial charge in [-0.1, -0.05) is 24.9 Å². The maximum absolute atomic E-state index is 9.41. The smallest absolute Gasteiger partial charge is 0.161 e. The van der Waals surface area contributed by atoms with E-state index in [4.69, 9.17) is 16.3 Å². The molecule has 29 heavy (non-hydrogen) atoms. The Kier molecular flexibility index (Phi) is 5.49. The van der Waals surface area contributed by atoms with Gasteiger partial charge in [-0.3, -0.25) is 0 Å². The Morgan fingerprint density at radius 3 is 2.62 bits per heavy atom. The number of benzene rings is 2. The van der Waals surface area contributed by atoms with E-state index in [1.165, 1.54) is 0 Å². The minimum Gasteiger partial charge on any atom is -0.508 e. The molecule has 0 saturated heterocycles. The lowest BCUT2D eigenvalue weighted by atomic mass is 10.2. The van der Waals surface area contributed by atoms with Crippen molar-refractivity contribution in [3.8, 4) is 17.2 Å². The molecule has 4 aromatic rings. The number of pyridine rings is 2. The zero-order valence-electron chi connectivity index (χ0n) is 15.9. The molecule has 0 aliphatic rings. The van der Waals surface area contributed by atoms with E-state index in [1.54, 1.807) is 36.5 Å². The number of nitrogens with one attached hydrogen (secondary N) is 1. The Morgan fingerprint density at radius 1 is 1.00 bits per heavy atom. The minimum absolute atomic E-state index is 0.186. The van der Waals surface area contributed by atoms with Gasteiger partial charge in [-0.25, -0.2) is 9.97 Å². The summed E-state index contributed by atoms with van der Waals surface area (Å²) >= 11 is 6.30. The predicted molar refractivity (Wildman–Crippen MR) is 116 cm³/mol. The van der Waals surface area contributed by atoms with Crippen LogP contribution in [0.25, 0.3) is 11.0 Å². The van der Waals surface area contributed by atoms with Crippen LogP contribution in [0.1, 0.15) is 19.0 Å². The summed E-state index contributed by atoms with van der Waals surface area (Å²) in [5.41, 5.74) is 3.43. The number of fused-ring (bicyclic) bond motifs is 1. The number of ether oxygens (including phenoxy) is 1. The first-order chi connectivity index (χ1) is 14.1. The van der Waals surface area contributed by atoms with Gasteiger partial charge in [0.25, 0.3) is 0 Å². The molecular formula is C23H20ClN3O2. The molecule has 2 aromatic heterocycles. The van der Waals surface area contributed by atoms with E-state index >= 15 is 0 Å². The largest absolute Gasteiger partial charge is 0.508 e. The van der Waals surface area contributed by atoms with Crippen molar-refractivity contribution >= 4 is 34.0 Å². The van der Waals surface area contributed by atoms with Gasteiger partial charge >= 0.3 is 0 Å². The van der Waals surface area contributed by atoms with Gasteiger partial charge in [0.15, 0.2) is 5.65 Å². The Morgan fingerprint density at radius 2 is 1.83 bits per heavy atom. The van der Waals surface area contributed by atoms with E-state index in [-0.39, 0.29) is 5.75 Å². The lowest BCUT2D eigenvalue weighted by molar-refractivity contribution is 0.464. The number of phenolic OH excluding ortho intramolecular Hbond substituents is 1. The average molecular weight is 406 g/mol. The SMILES string of the molecule is CCCc1ccc2c(Nc3cc(Cl)cc(Oc4ccc(O)cc4)c3)ccnc2n1. The van der Waals surface area contributed by atoms with E-state index in [0.717, 1.165) is 35.3 Å². The molecule has 146 valence electrons. The number of nitrogens with zero attached hydrogens (tertiary/aromatic N) is 2. The second-order valence-corrected chi connectivity index (χ2v) is 7.12. The Balaban J connectivity index is 1.62. The lowest BCUT2D eigenvalue weighted by Gasteiger charge is -2.12. The number of aromatic nitrogens is 2. The molecule has 0 aliphatic heterocycles. The first kappa shape index (κ1) is 19.0. The summed E-state index contributed by atoms with van der Waals surface area (Å²) < 4.78 is 5.86. The van der Waals surface area contributed by atoms with Crippen LogP contribution in [-0.2, 0) is 6.42 Å². The van der Waals surface area contributed by atoms with E-state index in [1.807, 2.05) is 30.3 Å². The van der Waals surface area contributed by atoms with Gasteiger partial charge in [0.1, 0.15) is 17.2 Å². The molecular weight excluding hydrogens is 386 g/mol. The van der Waals surface area contributed by atoms with Gasteiger partial charge < -0.3 is 15.2 Å². The highest BCUT2D eigenvalue weighted by molar-refractivity contribution is 6.31. The molecule has 0 amide bonds. The normalized spacial score (nSPS) is 10.8. The molecule has 0 aliphatic carbocycles. The number of anilines is 2. The molecule has 4 rings (SSSR count). The fourth-order valence-corrected chi connectivity index (χ4v) is 3.30. The maximum atomic E-state index is 9.41. The summed E-state index contributed by atoms with van der Waals surface area (Å²) in [7, 11) is 0. The lowest BCUT2D eigenvalue weighted by Crippen LogP contribution is -1.97. The number of rotatable bonds is 6. The first-order valence-corrected chi connectivity index (χ1v) is 9.77. The molecule has 2 aromatic carbocycles. The predicted octanol–water partition coefficient (Wildman–Crippen LogP) is 6.48. The van der Waals surface area contributed by atoms with Crippen LogP contribution >= 0.6 is 11.6 Å². The van der Waals surface area contributed by atoms with E-state index in [9.17, 15) is 5.11 Å². The summed E-state index contributed by atoms with van der Waals surface area (Å²) in [6, 6.07) is 18.0. The summed E-state index contributed by atoms with van der Waals surface area (Å²) in [5.74, 6) is 1.39. The van der Waals surface area contributed by atoms with Crippen LogP contribution < -0.4 is 10.1 Å². The fourth-order valence-electron chi connectivity index (χ4n) is 3.07. The van der Waals surface area contributed by atoms with Gasteiger partial charge in [0.05, 0.1) is 5.69 Å². The zero-order chi connectivity index (χ0) is 20.2. The van der Waals surface area contributed by atoms with Crippen LogP contribution in [0, 0.1) is 0 Å². The monoisotopic (exact) mass is 405 g/mol. The highest BCUT2D eigenvalue weighted by atomic mass is 35.5. The minimum atomic E-state index is 0.186. The Bertz CT molecular complexity index is 1150. The molecule has 0 atom stereocenters. The number of halogens is 1. The molecule has 2 N–H and O–H groups in total. The molecule has 0 fully saturated rings. The summed E-state index contributed by atoms with van der Waals surface area (Å²) in [6.07, 6.45) is 3.72. The van der Waals surface area contributed by atoms with Crippen molar-refractivity contribution < 1.29 is 9.84 Å². The fraction of sp³-hybridized carbons (Fsp3) is 0.130. The van der Waals surface area contributed by atoms with Crippen molar-refractivity contribution in [3.05, 3.63) is 77.6 Å². The van der Waals surface area contributed by atoms with Crippen molar-refractivity contribution in [2.45, 2.75) is 19.8 Å². The van der Waals surface area contributed by atoms with Crippen LogP contribution in [-0.4, -0.2) is 15.1 Å². The van der Waals surface area contributed by atoms with Crippen LogP contribution in [0.3, 0.4) is 0 Å². The van der Waals surface area contributed by atoms with Gasteiger partial charge in [0, 0.05) is 34.1 Å². The second-order valence-electron chi connectivity index (χ2n) is 6.68. The molecule has 0 radical (unpaired) electrons. The van der Waals surface area contributed by atoms with Crippen molar-refractivity contribution in [2.24, 2.45) is 0 Å². The molecule has 5 nitrogen and oxygen atoms in total. The number of hydrogen-bond acceptors (Lipinski definition) is 5. The number of phenols is 1. The van der Waals surface area contributed by atoms with E-state index < -0.39 is 0 Å². The van der Waals surface area contributed by atoms with E-state index in [0.29, 0.717) is 22.2 Å². The standard InChI is InChI=1S/C23H20ClN3O2/c1-2-3-16-4-9-21-22(10-11-25-23(21)27-16)26-17-12-15(24)13-20(14-17)29-19-7-5-18(28)6-8-19/h4-14,28H,2-3H2,1H3,(H,25,26,27). The first-order valence-electron chi connectivity index (χ1n) is 9.40. The Hall–Kier alpha value is -3.31. The van der Waals surface area contributed by atoms with Gasteiger partial charge in [-0.05, 0) is 61.0 Å². The summed E-state index contributed by atoms with van der Waals surface area (Å²) in [4.78, 5) is 9.05. The number of aromatic hydroxyl groups is 1. The number of aryl methyl sites for hydroxylation is 1. The molecule has 0 spiro atoms. The van der Waals surface area contributed by atoms with Crippen LogP contribution in [0.4, 0.5) is 11.4 Å². The van der Waals surface area contributed by atoms with Crippen molar-refractivity contribution in [1.82, 2.24) is 9.97 Å².